The van der Waals surface area contributed by atoms with Gasteiger partial charge in [-0.05, 0) is 17.5 Å². The molecule has 1 aromatic rings. The fraction of sp³-hybridized carbons (Fsp3) is 0.467. The molecule has 0 bridgehead atoms. The van der Waals surface area contributed by atoms with Crippen molar-refractivity contribution >= 4 is 23.8 Å². The van der Waals surface area contributed by atoms with E-state index in [2.05, 4.69) is 5.32 Å². The molecule has 1 aliphatic heterocycles. The first-order chi connectivity index (χ1) is 10.8. The second-order valence-corrected chi connectivity index (χ2v) is 7.75. The van der Waals surface area contributed by atoms with Gasteiger partial charge in [-0.25, -0.2) is 4.79 Å². The quantitative estimate of drug-likeness (QED) is 0.847. The van der Waals surface area contributed by atoms with Crippen molar-refractivity contribution < 1.29 is 27.5 Å². The van der Waals surface area contributed by atoms with E-state index in [9.17, 15) is 22.8 Å². The van der Waals surface area contributed by atoms with Gasteiger partial charge >= 0.3 is 12.3 Å². The van der Waals surface area contributed by atoms with Crippen LogP contribution in [0.2, 0.25) is 0 Å². The minimum Gasteiger partial charge on any atom is -0.409 e. The van der Waals surface area contributed by atoms with Crippen molar-refractivity contribution in [2.45, 2.75) is 37.3 Å². The topological polar surface area (TPSA) is 81.4 Å². The van der Waals surface area contributed by atoms with Gasteiger partial charge in [0.25, 0.3) is 5.06 Å². The van der Waals surface area contributed by atoms with E-state index in [1.54, 1.807) is 20.8 Å². The first kappa shape index (κ1) is 18.4. The molecule has 1 fully saturated rings. The Morgan fingerprint density at radius 3 is 2.42 bits per heavy atom. The molecule has 2 unspecified atom stereocenters. The lowest BCUT2D eigenvalue weighted by atomic mass is 9.91. The number of thioether (sulfide) groups is 1. The van der Waals surface area contributed by atoms with Crippen molar-refractivity contribution in [3.63, 3.8) is 0 Å². The van der Waals surface area contributed by atoms with Crippen molar-refractivity contribution in [2.75, 3.05) is 0 Å². The number of carbonyl (C=O) groups is 2. The summed E-state index contributed by atoms with van der Waals surface area (Å²) < 4.78 is 43.9. The highest BCUT2D eigenvalue weighted by atomic mass is 32.2. The van der Waals surface area contributed by atoms with Gasteiger partial charge in [0.2, 0.25) is 5.91 Å². The summed E-state index contributed by atoms with van der Waals surface area (Å²) in [6.45, 7) is 5.41. The Morgan fingerprint density at radius 2 is 1.96 bits per heavy atom. The van der Waals surface area contributed by atoms with E-state index < -0.39 is 39.5 Å². The standard InChI is InChI=1S/C15H17F3N2O3S/c1-13(2,3)10-11(21)20-15(24-10,23-12(19)22)9-6-4-5-8(7-9)14(16,17)18/h4-7,10H,1-3H3,(H2,19,22)(H,20,21). The van der Waals surface area contributed by atoms with Crippen molar-refractivity contribution in [3.8, 4) is 0 Å². The zero-order valence-electron chi connectivity index (χ0n) is 13.2. The van der Waals surface area contributed by atoms with Crippen LogP contribution in [0, 0.1) is 5.41 Å². The lowest BCUT2D eigenvalue weighted by Gasteiger charge is -2.29. The van der Waals surface area contributed by atoms with Gasteiger partial charge in [-0.2, -0.15) is 13.2 Å². The van der Waals surface area contributed by atoms with Gasteiger partial charge in [0.15, 0.2) is 0 Å². The second-order valence-electron chi connectivity index (χ2n) is 6.47. The number of amides is 2. The minimum absolute atomic E-state index is 0.0128. The van der Waals surface area contributed by atoms with Crippen LogP contribution in [0.15, 0.2) is 24.3 Å². The number of carbonyl (C=O) groups excluding carboxylic acids is 2. The average Bonchev–Trinajstić information content (AvgIpc) is 2.75. The lowest BCUT2D eigenvalue weighted by Crippen LogP contribution is -2.43. The van der Waals surface area contributed by atoms with Crippen molar-refractivity contribution in [3.05, 3.63) is 35.4 Å². The predicted molar refractivity (Wildman–Crippen MR) is 82.8 cm³/mol. The van der Waals surface area contributed by atoms with E-state index in [1.807, 2.05) is 0 Å². The summed E-state index contributed by atoms with van der Waals surface area (Å²) in [6, 6.07) is 4.25. The van der Waals surface area contributed by atoms with E-state index in [-0.39, 0.29) is 5.56 Å². The van der Waals surface area contributed by atoms with Crippen LogP contribution in [0.3, 0.4) is 0 Å². The number of benzene rings is 1. The third-order valence-electron chi connectivity index (χ3n) is 3.41. The SMILES string of the molecule is CC(C)(C)C1SC(OC(N)=O)(c2cccc(C(F)(F)F)c2)NC1=O. The molecule has 0 radical (unpaired) electrons. The molecule has 9 heteroatoms. The lowest BCUT2D eigenvalue weighted by molar-refractivity contribution is -0.137. The van der Waals surface area contributed by atoms with E-state index in [0.717, 1.165) is 23.9 Å². The molecular weight excluding hydrogens is 345 g/mol. The molecular formula is C15H17F3N2O3S. The highest BCUT2D eigenvalue weighted by Gasteiger charge is 2.53. The average molecular weight is 362 g/mol. The number of hydrogen-bond donors (Lipinski definition) is 2. The van der Waals surface area contributed by atoms with Crippen LogP contribution in [-0.4, -0.2) is 17.3 Å². The number of nitrogens with two attached hydrogens (primary N) is 1. The number of primary amides is 1. The third kappa shape index (κ3) is 3.61. The number of hydrogen-bond acceptors (Lipinski definition) is 4. The van der Waals surface area contributed by atoms with Gasteiger partial charge in [0.05, 0.1) is 10.8 Å². The van der Waals surface area contributed by atoms with Crippen LogP contribution in [-0.2, 0) is 20.8 Å². The second kappa shape index (κ2) is 5.87. The number of rotatable bonds is 2. The van der Waals surface area contributed by atoms with E-state index in [0.29, 0.717) is 0 Å². The number of alkyl halides is 3. The summed E-state index contributed by atoms with van der Waals surface area (Å²) in [4.78, 5) is 23.6. The van der Waals surface area contributed by atoms with Crippen molar-refractivity contribution in [1.82, 2.24) is 5.32 Å². The molecule has 24 heavy (non-hydrogen) atoms. The zero-order chi connectivity index (χ0) is 18.3. The molecule has 1 aliphatic rings. The Labute approximate surface area is 141 Å². The Morgan fingerprint density at radius 1 is 1.33 bits per heavy atom. The van der Waals surface area contributed by atoms with Crippen LogP contribution in [0.5, 0.6) is 0 Å². The highest BCUT2D eigenvalue weighted by molar-refractivity contribution is 8.01. The monoisotopic (exact) mass is 362 g/mol. The van der Waals surface area contributed by atoms with Crippen LogP contribution >= 0.6 is 11.8 Å². The van der Waals surface area contributed by atoms with Gasteiger partial charge in [-0.3, -0.25) is 4.79 Å². The first-order valence-electron chi connectivity index (χ1n) is 7.01. The molecule has 3 N–H and O–H groups in total. The molecule has 0 spiro atoms. The summed E-state index contributed by atoms with van der Waals surface area (Å²) in [7, 11) is 0. The molecule has 132 valence electrons. The summed E-state index contributed by atoms with van der Waals surface area (Å²) in [5.74, 6) is -0.439. The molecule has 0 saturated carbocycles. The summed E-state index contributed by atoms with van der Waals surface area (Å²) in [5.41, 5.74) is 3.64. The maximum atomic E-state index is 13.0. The van der Waals surface area contributed by atoms with Crippen LogP contribution in [0.25, 0.3) is 0 Å². The molecule has 0 aliphatic carbocycles. The molecule has 2 amide bonds. The fourth-order valence-corrected chi connectivity index (χ4v) is 3.74. The van der Waals surface area contributed by atoms with E-state index in [1.165, 1.54) is 12.1 Å². The smallest absolute Gasteiger partial charge is 0.409 e. The number of ether oxygens (including phenoxy) is 1. The van der Waals surface area contributed by atoms with Gasteiger partial charge in [-0.1, -0.05) is 44.7 Å². The normalized spacial score (nSPS) is 24.6. The summed E-state index contributed by atoms with van der Waals surface area (Å²) in [5, 5.41) is 0.0614. The van der Waals surface area contributed by atoms with Crippen LogP contribution in [0.4, 0.5) is 18.0 Å². The molecule has 1 saturated heterocycles. The molecule has 2 rings (SSSR count). The molecule has 0 aromatic heterocycles. The highest BCUT2D eigenvalue weighted by Crippen LogP contribution is 2.49. The zero-order valence-corrected chi connectivity index (χ0v) is 14.0. The molecule has 1 heterocycles. The molecule has 5 nitrogen and oxygen atoms in total. The Hall–Kier alpha value is -1.90. The van der Waals surface area contributed by atoms with Crippen molar-refractivity contribution in [2.24, 2.45) is 11.1 Å². The largest absolute Gasteiger partial charge is 0.416 e. The maximum Gasteiger partial charge on any atom is 0.416 e. The number of nitrogens with one attached hydrogen (secondary N) is 1. The van der Waals surface area contributed by atoms with Gasteiger partial charge < -0.3 is 15.8 Å². The van der Waals surface area contributed by atoms with Gasteiger partial charge in [-0.15, -0.1) is 0 Å². The van der Waals surface area contributed by atoms with Crippen molar-refractivity contribution in [1.29, 1.82) is 0 Å². The third-order valence-corrected chi connectivity index (χ3v) is 5.32. The minimum atomic E-state index is -4.57. The van der Waals surface area contributed by atoms with Crippen LogP contribution < -0.4 is 11.1 Å². The van der Waals surface area contributed by atoms with E-state index in [4.69, 9.17) is 10.5 Å². The fourth-order valence-electron chi connectivity index (χ4n) is 2.34. The van der Waals surface area contributed by atoms with Crippen LogP contribution in [0.1, 0.15) is 31.9 Å². The number of halogens is 3. The maximum absolute atomic E-state index is 13.0. The summed E-state index contributed by atoms with van der Waals surface area (Å²) >= 11 is 0.923. The summed E-state index contributed by atoms with van der Waals surface area (Å²) in [6.07, 6.45) is -5.77. The Bertz CT molecular complexity index is 673. The Balaban J connectivity index is 2.51. The van der Waals surface area contributed by atoms with Gasteiger partial charge in [0, 0.05) is 5.56 Å². The molecule has 1 aromatic carbocycles. The Kier molecular flexibility index (Phi) is 4.51. The molecule has 2 atom stereocenters. The predicted octanol–water partition coefficient (Wildman–Crippen LogP) is 3.19. The van der Waals surface area contributed by atoms with Gasteiger partial charge in [0.1, 0.15) is 0 Å². The van der Waals surface area contributed by atoms with E-state index >= 15 is 0 Å². The first-order valence-corrected chi connectivity index (χ1v) is 7.89.